The van der Waals surface area contributed by atoms with Crippen molar-refractivity contribution < 1.29 is 14.3 Å². The van der Waals surface area contributed by atoms with E-state index in [-0.39, 0.29) is 13.4 Å². The van der Waals surface area contributed by atoms with Crippen molar-refractivity contribution in [2.24, 2.45) is 0 Å². The van der Waals surface area contributed by atoms with E-state index in [1.165, 1.54) is 0 Å². The predicted molar refractivity (Wildman–Crippen MR) is 42.0 cm³/mol. The van der Waals surface area contributed by atoms with Crippen molar-refractivity contribution in [2.75, 3.05) is 13.4 Å². The van der Waals surface area contributed by atoms with Crippen molar-refractivity contribution in [3.8, 4) is 6.07 Å². The van der Waals surface area contributed by atoms with Crippen LogP contribution in [0.1, 0.15) is 13.3 Å². The Morgan fingerprint density at radius 1 is 1.67 bits per heavy atom. The van der Waals surface area contributed by atoms with Gasteiger partial charge in [-0.3, -0.25) is 0 Å². The molecule has 0 unspecified atom stereocenters. The van der Waals surface area contributed by atoms with Crippen LogP contribution in [-0.4, -0.2) is 19.4 Å². The average molecular weight is 169 g/mol. The van der Waals surface area contributed by atoms with Crippen molar-refractivity contribution >= 4 is 5.97 Å². The fourth-order valence-electron chi connectivity index (χ4n) is 0.395. The number of nitriles is 1. The highest BCUT2D eigenvalue weighted by molar-refractivity contribution is 5.86. The minimum Gasteiger partial charge on any atom is -0.435 e. The summed E-state index contributed by atoms with van der Waals surface area (Å²) < 4.78 is 9.37. The van der Waals surface area contributed by atoms with Gasteiger partial charge in [0.15, 0.2) is 6.79 Å². The molecule has 4 heteroatoms. The third-order valence-corrected chi connectivity index (χ3v) is 0.980. The number of nitrogens with zero attached hydrogens (tertiary/aromatic N) is 1. The summed E-state index contributed by atoms with van der Waals surface area (Å²) in [4.78, 5) is 10.7. The Kier molecular flexibility index (Phi) is 5.66. The lowest BCUT2D eigenvalue weighted by Gasteiger charge is -2.03. The summed E-state index contributed by atoms with van der Waals surface area (Å²) in [5, 5.41) is 8.11. The number of rotatable bonds is 5. The number of hydrogen-bond acceptors (Lipinski definition) is 4. The van der Waals surface area contributed by atoms with Crippen LogP contribution in [0.2, 0.25) is 0 Å². The smallest absolute Gasteiger partial charge is 0.335 e. The Morgan fingerprint density at radius 3 is 2.83 bits per heavy atom. The standard InChI is InChI=1S/C8H11NO3/c1-7(2)8(10)12-6-11-5-3-4-9/h1,3,5-6H2,2H3. The molecule has 0 atom stereocenters. The first-order valence-electron chi connectivity index (χ1n) is 3.45. The van der Waals surface area contributed by atoms with Gasteiger partial charge in [-0.2, -0.15) is 5.26 Å². The van der Waals surface area contributed by atoms with E-state index in [1.807, 2.05) is 6.07 Å². The second-order valence-electron chi connectivity index (χ2n) is 2.15. The van der Waals surface area contributed by atoms with Gasteiger partial charge in [0.05, 0.1) is 19.1 Å². The number of ether oxygens (including phenoxy) is 2. The van der Waals surface area contributed by atoms with Crippen molar-refractivity contribution in [1.82, 2.24) is 0 Å². The van der Waals surface area contributed by atoms with E-state index >= 15 is 0 Å². The molecule has 0 spiro atoms. The molecule has 0 N–H and O–H groups in total. The Hall–Kier alpha value is -1.34. The Labute approximate surface area is 71.4 Å². The van der Waals surface area contributed by atoms with Crippen LogP contribution in [0.15, 0.2) is 12.2 Å². The summed E-state index contributed by atoms with van der Waals surface area (Å²) in [6.45, 7) is 5.10. The minimum absolute atomic E-state index is 0.118. The molecule has 0 saturated carbocycles. The van der Waals surface area contributed by atoms with Gasteiger partial charge in [-0.1, -0.05) is 6.58 Å². The van der Waals surface area contributed by atoms with E-state index in [9.17, 15) is 4.79 Å². The molecule has 0 fully saturated rings. The molecule has 0 amide bonds. The molecule has 0 heterocycles. The van der Waals surface area contributed by atoms with Gasteiger partial charge in [0.1, 0.15) is 0 Å². The second kappa shape index (κ2) is 6.38. The Balaban J connectivity index is 3.27. The molecule has 0 aliphatic carbocycles. The zero-order valence-corrected chi connectivity index (χ0v) is 7.00. The number of hydrogen-bond donors (Lipinski definition) is 0. The fraction of sp³-hybridized carbons (Fsp3) is 0.500. The van der Waals surface area contributed by atoms with Gasteiger partial charge in [0.25, 0.3) is 0 Å². The summed E-state index contributed by atoms with van der Waals surface area (Å²) in [7, 11) is 0. The SMILES string of the molecule is C=C(C)C(=O)OCOCCC#N. The monoisotopic (exact) mass is 169 g/mol. The van der Waals surface area contributed by atoms with E-state index in [0.29, 0.717) is 12.0 Å². The first kappa shape index (κ1) is 10.7. The van der Waals surface area contributed by atoms with Gasteiger partial charge in [0, 0.05) is 5.57 Å². The zero-order valence-electron chi connectivity index (χ0n) is 7.00. The molecule has 0 rings (SSSR count). The molecular weight excluding hydrogens is 158 g/mol. The Bertz CT molecular complexity index is 205. The molecule has 0 bridgehead atoms. The summed E-state index contributed by atoms with van der Waals surface area (Å²) >= 11 is 0. The highest BCUT2D eigenvalue weighted by Gasteiger charge is 2.01. The summed E-state index contributed by atoms with van der Waals surface area (Å²) in [6, 6.07) is 1.90. The predicted octanol–water partition coefficient (Wildman–Crippen LogP) is 0.993. The van der Waals surface area contributed by atoms with Crippen molar-refractivity contribution in [3.05, 3.63) is 12.2 Å². The van der Waals surface area contributed by atoms with Gasteiger partial charge in [0.2, 0.25) is 0 Å². The van der Waals surface area contributed by atoms with Gasteiger partial charge in [-0.05, 0) is 6.92 Å². The van der Waals surface area contributed by atoms with Crippen LogP contribution >= 0.6 is 0 Å². The molecule has 66 valence electrons. The minimum atomic E-state index is -0.480. The first-order chi connectivity index (χ1) is 5.68. The fourth-order valence-corrected chi connectivity index (χ4v) is 0.395. The molecule has 0 aromatic rings. The third-order valence-electron chi connectivity index (χ3n) is 0.980. The maximum absolute atomic E-state index is 10.7. The number of carbonyl (C=O) groups excluding carboxylic acids is 1. The largest absolute Gasteiger partial charge is 0.435 e. The van der Waals surface area contributed by atoms with E-state index in [1.54, 1.807) is 6.92 Å². The van der Waals surface area contributed by atoms with Gasteiger partial charge in [-0.25, -0.2) is 4.79 Å². The molecule has 0 aromatic carbocycles. The Morgan fingerprint density at radius 2 is 2.33 bits per heavy atom. The number of esters is 1. The lowest BCUT2D eigenvalue weighted by Crippen LogP contribution is -2.09. The molecular formula is C8H11NO3. The topological polar surface area (TPSA) is 59.3 Å². The van der Waals surface area contributed by atoms with E-state index < -0.39 is 5.97 Å². The van der Waals surface area contributed by atoms with Crippen LogP contribution in [0.5, 0.6) is 0 Å². The van der Waals surface area contributed by atoms with E-state index in [2.05, 4.69) is 11.3 Å². The van der Waals surface area contributed by atoms with Crippen LogP contribution in [0.25, 0.3) is 0 Å². The van der Waals surface area contributed by atoms with Crippen LogP contribution < -0.4 is 0 Å². The molecule has 0 aliphatic heterocycles. The van der Waals surface area contributed by atoms with Gasteiger partial charge < -0.3 is 9.47 Å². The van der Waals surface area contributed by atoms with Crippen LogP contribution in [-0.2, 0) is 14.3 Å². The molecule has 0 radical (unpaired) electrons. The highest BCUT2D eigenvalue weighted by Crippen LogP contribution is 1.92. The second-order valence-corrected chi connectivity index (χ2v) is 2.15. The molecule has 12 heavy (non-hydrogen) atoms. The van der Waals surface area contributed by atoms with E-state index in [4.69, 9.17) is 10.00 Å². The van der Waals surface area contributed by atoms with Crippen LogP contribution in [0.3, 0.4) is 0 Å². The quantitative estimate of drug-likeness (QED) is 0.266. The average Bonchev–Trinajstić information content (AvgIpc) is 2.03. The molecule has 0 aliphatic rings. The summed E-state index contributed by atoms with van der Waals surface area (Å²) in [5.74, 6) is -0.480. The maximum Gasteiger partial charge on any atom is 0.335 e. The normalized spacial score (nSPS) is 8.67. The summed E-state index contributed by atoms with van der Waals surface area (Å²) in [5.41, 5.74) is 0.332. The zero-order chi connectivity index (χ0) is 9.40. The maximum atomic E-state index is 10.7. The molecule has 0 aromatic heterocycles. The first-order valence-corrected chi connectivity index (χ1v) is 3.45. The molecule has 0 saturated heterocycles. The van der Waals surface area contributed by atoms with Crippen molar-refractivity contribution in [1.29, 1.82) is 5.26 Å². The van der Waals surface area contributed by atoms with Gasteiger partial charge >= 0.3 is 5.97 Å². The van der Waals surface area contributed by atoms with Crippen LogP contribution in [0, 0.1) is 11.3 Å². The lowest BCUT2D eigenvalue weighted by atomic mass is 10.4. The van der Waals surface area contributed by atoms with Crippen molar-refractivity contribution in [2.45, 2.75) is 13.3 Å². The lowest BCUT2D eigenvalue weighted by molar-refractivity contribution is -0.151. The summed E-state index contributed by atoms with van der Waals surface area (Å²) in [6.07, 6.45) is 0.296. The number of carbonyl (C=O) groups is 1. The van der Waals surface area contributed by atoms with E-state index in [0.717, 1.165) is 0 Å². The highest BCUT2D eigenvalue weighted by atomic mass is 16.7. The third kappa shape index (κ3) is 5.45. The van der Waals surface area contributed by atoms with Crippen LogP contribution in [0.4, 0.5) is 0 Å². The van der Waals surface area contributed by atoms with Gasteiger partial charge in [-0.15, -0.1) is 0 Å². The molecule has 4 nitrogen and oxygen atoms in total. The van der Waals surface area contributed by atoms with Crippen molar-refractivity contribution in [3.63, 3.8) is 0 Å².